The lowest BCUT2D eigenvalue weighted by molar-refractivity contribution is 0.1000. The molecule has 1 aliphatic heterocycles. The van der Waals surface area contributed by atoms with Crippen molar-refractivity contribution in [2.24, 2.45) is 10.9 Å². The van der Waals surface area contributed by atoms with Crippen LogP contribution < -0.4 is 5.73 Å². The van der Waals surface area contributed by atoms with E-state index in [0.717, 1.165) is 37.4 Å². The van der Waals surface area contributed by atoms with E-state index in [-0.39, 0.29) is 11.7 Å². The van der Waals surface area contributed by atoms with Gasteiger partial charge in [-0.2, -0.15) is 11.8 Å². The van der Waals surface area contributed by atoms with E-state index in [9.17, 15) is 4.39 Å². The predicted molar refractivity (Wildman–Crippen MR) is 74.0 cm³/mol. The lowest BCUT2D eigenvalue weighted by Crippen LogP contribution is -2.19. The van der Waals surface area contributed by atoms with E-state index >= 15 is 0 Å². The molecule has 1 aliphatic rings. The predicted octanol–water partition coefficient (Wildman–Crippen LogP) is 2.33. The van der Waals surface area contributed by atoms with Crippen molar-refractivity contribution in [2.75, 3.05) is 13.2 Å². The van der Waals surface area contributed by atoms with Crippen LogP contribution in [0.25, 0.3) is 0 Å². The van der Waals surface area contributed by atoms with Gasteiger partial charge in [-0.1, -0.05) is 11.2 Å². The van der Waals surface area contributed by atoms with Gasteiger partial charge in [-0.15, -0.1) is 0 Å². The van der Waals surface area contributed by atoms with Crippen molar-refractivity contribution in [1.82, 2.24) is 0 Å². The Hall–Kier alpha value is -1.27. The molecule has 0 atom stereocenters. The van der Waals surface area contributed by atoms with Gasteiger partial charge in [-0.25, -0.2) is 4.39 Å². The van der Waals surface area contributed by atoms with Gasteiger partial charge in [0.1, 0.15) is 5.82 Å². The number of nitrogens with two attached hydrogens (primary N) is 1. The molecule has 0 radical (unpaired) electrons. The molecule has 1 aromatic carbocycles. The molecule has 0 unspecified atom stereocenters. The normalized spacial score (nSPS) is 17.6. The zero-order valence-corrected chi connectivity index (χ0v) is 11.3. The lowest BCUT2D eigenvalue weighted by atomic mass is 10.1. The highest BCUT2D eigenvalue weighted by atomic mass is 32.2. The quantitative estimate of drug-likeness (QED) is 0.385. The molecule has 1 fully saturated rings. The Morgan fingerprint density at radius 2 is 2.21 bits per heavy atom. The van der Waals surface area contributed by atoms with Gasteiger partial charge in [0, 0.05) is 29.8 Å². The summed E-state index contributed by atoms with van der Waals surface area (Å²) in [6.07, 6.45) is 2.07. The zero-order chi connectivity index (χ0) is 13.7. The molecule has 0 aromatic heterocycles. The number of halogens is 1. The monoisotopic (exact) mass is 284 g/mol. The summed E-state index contributed by atoms with van der Waals surface area (Å²) in [6, 6.07) is 4.39. The van der Waals surface area contributed by atoms with Gasteiger partial charge >= 0.3 is 0 Å². The number of rotatable bonds is 4. The van der Waals surface area contributed by atoms with Gasteiger partial charge in [0.15, 0.2) is 5.84 Å². The van der Waals surface area contributed by atoms with Crippen molar-refractivity contribution in [3.8, 4) is 0 Å². The van der Waals surface area contributed by atoms with Crippen molar-refractivity contribution >= 4 is 17.6 Å². The standard InChI is InChI=1S/C13H17FN2O2S/c14-10-2-1-9(12(7-10)13(15)16-17)8-19-11-3-5-18-6-4-11/h1-2,7,11,17H,3-6,8H2,(H2,15,16). The van der Waals surface area contributed by atoms with Crippen molar-refractivity contribution in [3.63, 3.8) is 0 Å². The minimum absolute atomic E-state index is 0.0536. The molecule has 1 saturated heterocycles. The number of hydrogen-bond donors (Lipinski definition) is 2. The van der Waals surface area contributed by atoms with Gasteiger partial charge < -0.3 is 15.7 Å². The Morgan fingerprint density at radius 1 is 1.47 bits per heavy atom. The average molecular weight is 284 g/mol. The van der Waals surface area contributed by atoms with Gasteiger partial charge in [-0.05, 0) is 30.5 Å². The smallest absolute Gasteiger partial charge is 0.170 e. The molecule has 1 heterocycles. The highest BCUT2D eigenvalue weighted by Crippen LogP contribution is 2.27. The molecular weight excluding hydrogens is 267 g/mol. The maximum Gasteiger partial charge on any atom is 0.170 e. The first-order valence-corrected chi connectivity index (χ1v) is 7.21. The third-order valence-corrected chi connectivity index (χ3v) is 4.52. The molecule has 3 N–H and O–H groups in total. The van der Waals surface area contributed by atoms with E-state index in [4.69, 9.17) is 15.7 Å². The number of oxime groups is 1. The number of hydrogen-bond acceptors (Lipinski definition) is 4. The van der Waals surface area contributed by atoms with E-state index < -0.39 is 0 Å². The van der Waals surface area contributed by atoms with E-state index in [2.05, 4.69) is 5.16 Å². The minimum Gasteiger partial charge on any atom is -0.409 e. The summed E-state index contributed by atoms with van der Waals surface area (Å²) in [5.41, 5.74) is 6.92. The van der Waals surface area contributed by atoms with Crippen LogP contribution in [0.3, 0.4) is 0 Å². The summed E-state index contributed by atoms with van der Waals surface area (Å²) < 4.78 is 18.5. The van der Waals surface area contributed by atoms with Gasteiger partial charge in [-0.3, -0.25) is 0 Å². The summed E-state index contributed by atoms with van der Waals surface area (Å²) >= 11 is 1.80. The molecule has 19 heavy (non-hydrogen) atoms. The van der Waals surface area contributed by atoms with Crippen LogP contribution in [0.5, 0.6) is 0 Å². The van der Waals surface area contributed by atoms with Crippen LogP contribution in [-0.4, -0.2) is 29.5 Å². The van der Waals surface area contributed by atoms with Crippen molar-refractivity contribution in [2.45, 2.75) is 23.8 Å². The summed E-state index contributed by atoms with van der Waals surface area (Å²) in [6.45, 7) is 1.60. The number of benzene rings is 1. The van der Waals surface area contributed by atoms with Gasteiger partial charge in [0.2, 0.25) is 0 Å². The van der Waals surface area contributed by atoms with Crippen molar-refractivity contribution in [1.29, 1.82) is 0 Å². The second-order valence-electron chi connectivity index (χ2n) is 4.41. The Kier molecular flexibility index (Phi) is 5.04. The fraction of sp³-hybridized carbons (Fsp3) is 0.462. The van der Waals surface area contributed by atoms with Crippen LogP contribution in [0.15, 0.2) is 23.4 Å². The second-order valence-corrected chi connectivity index (χ2v) is 5.70. The molecule has 0 bridgehead atoms. The van der Waals surface area contributed by atoms with Gasteiger partial charge in [0.25, 0.3) is 0 Å². The molecule has 1 aromatic rings. The lowest BCUT2D eigenvalue weighted by Gasteiger charge is -2.21. The molecule has 0 saturated carbocycles. The van der Waals surface area contributed by atoms with Crippen molar-refractivity contribution in [3.05, 3.63) is 35.1 Å². The van der Waals surface area contributed by atoms with Crippen LogP contribution >= 0.6 is 11.8 Å². The Labute approximate surface area is 115 Å². The maximum absolute atomic E-state index is 13.2. The van der Waals surface area contributed by atoms with Crippen molar-refractivity contribution < 1.29 is 14.3 Å². The van der Waals surface area contributed by atoms with Crippen LogP contribution in [0, 0.1) is 5.82 Å². The fourth-order valence-corrected chi connectivity index (χ4v) is 3.21. The Balaban J connectivity index is 2.06. The summed E-state index contributed by atoms with van der Waals surface area (Å²) in [5, 5.41) is 12.2. The molecule has 0 amide bonds. The summed E-state index contributed by atoms with van der Waals surface area (Å²) in [5.74, 6) is 0.278. The van der Waals surface area contributed by atoms with Gasteiger partial charge in [0.05, 0.1) is 0 Å². The van der Waals surface area contributed by atoms with Crippen LogP contribution in [0.2, 0.25) is 0 Å². The SMILES string of the molecule is NC(=NO)c1cc(F)ccc1CSC1CCOCC1. The summed E-state index contributed by atoms with van der Waals surface area (Å²) in [4.78, 5) is 0. The number of nitrogens with zero attached hydrogens (tertiary/aromatic N) is 1. The van der Waals surface area contributed by atoms with Crippen LogP contribution in [0.1, 0.15) is 24.0 Å². The van der Waals surface area contributed by atoms with E-state index in [1.807, 2.05) is 0 Å². The molecule has 104 valence electrons. The highest BCUT2D eigenvalue weighted by molar-refractivity contribution is 7.99. The molecule has 0 spiro atoms. The molecule has 4 nitrogen and oxygen atoms in total. The molecule has 0 aliphatic carbocycles. The Bertz CT molecular complexity index is 462. The largest absolute Gasteiger partial charge is 0.409 e. The molecule has 6 heteroatoms. The average Bonchev–Trinajstić information content (AvgIpc) is 2.46. The third kappa shape index (κ3) is 3.84. The van der Waals surface area contributed by atoms with E-state index in [1.165, 1.54) is 12.1 Å². The first-order valence-electron chi connectivity index (χ1n) is 6.16. The molecule has 2 rings (SSSR count). The maximum atomic E-state index is 13.2. The second kappa shape index (κ2) is 6.77. The molecular formula is C13H17FN2O2S. The minimum atomic E-state index is -0.388. The number of amidine groups is 1. The van der Waals surface area contributed by atoms with E-state index in [0.29, 0.717) is 10.8 Å². The number of ether oxygens (including phenoxy) is 1. The first kappa shape index (κ1) is 14.1. The third-order valence-electron chi connectivity index (χ3n) is 3.10. The Morgan fingerprint density at radius 3 is 2.89 bits per heavy atom. The topological polar surface area (TPSA) is 67.8 Å². The first-order chi connectivity index (χ1) is 9.20. The van der Waals surface area contributed by atoms with Crippen LogP contribution in [-0.2, 0) is 10.5 Å². The zero-order valence-electron chi connectivity index (χ0n) is 10.5. The number of thioether (sulfide) groups is 1. The van der Waals surface area contributed by atoms with E-state index in [1.54, 1.807) is 17.8 Å². The summed E-state index contributed by atoms with van der Waals surface area (Å²) in [7, 11) is 0. The van der Waals surface area contributed by atoms with Crippen LogP contribution in [0.4, 0.5) is 4.39 Å². The highest BCUT2D eigenvalue weighted by Gasteiger charge is 2.16. The fourth-order valence-electron chi connectivity index (χ4n) is 2.02.